The highest BCUT2D eigenvalue weighted by molar-refractivity contribution is 6.34. The van der Waals surface area contributed by atoms with Crippen LogP contribution in [0.3, 0.4) is 0 Å². The van der Waals surface area contributed by atoms with Crippen LogP contribution in [0.25, 0.3) is 0 Å². The maximum Gasteiger partial charge on any atom is 0.292 e. The average molecular weight is 396 g/mol. The number of benzene rings is 2. The van der Waals surface area contributed by atoms with Gasteiger partial charge in [-0.15, -0.1) is 0 Å². The number of hydrogen-bond donors (Lipinski definition) is 0. The van der Waals surface area contributed by atoms with Gasteiger partial charge < -0.3 is 9.64 Å². The zero-order chi connectivity index (χ0) is 18.5. The molecule has 2 aromatic rings. The van der Waals surface area contributed by atoms with E-state index in [1.165, 1.54) is 0 Å². The number of ether oxygens (including phenoxy) is 1. The Hall–Kier alpha value is -2.02. The summed E-state index contributed by atoms with van der Waals surface area (Å²) in [6.07, 6.45) is 0. The zero-order valence-corrected chi connectivity index (χ0v) is 15.6. The minimum absolute atomic E-state index is 0.153. The minimum Gasteiger partial charge on any atom is -0.491 e. The van der Waals surface area contributed by atoms with E-state index in [9.17, 15) is 10.1 Å². The number of piperazine rings is 1. The molecule has 0 amide bonds. The minimum atomic E-state index is -0.329. The third-order valence-corrected chi connectivity index (χ3v) is 4.90. The number of nitro groups is 1. The third kappa shape index (κ3) is 4.58. The summed E-state index contributed by atoms with van der Waals surface area (Å²) in [6, 6.07) is 12.0. The van der Waals surface area contributed by atoms with Gasteiger partial charge in [-0.1, -0.05) is 35.3 Å². The molecule has 0 unspecified atom stereocenters. The predicted molar refractivity (Wildman–Crippen MR) is 104 cm³/mol. The van der Waals surface area contributed by atoms with Crippen LogP contribution in [0.15, 0.2) is 42.5 Å². The molecule has 0 aromatic heterocycles. The Bertz CT molecular complexity index is 780. The number of nitro benzene ring substituents is 1. The summed E-state index contributed by atoms with van der Waals surface area (Å²) in [5, 5.41) is 12.3. The SMILES string of the molecule is O=[N+]([O-])c1ccccc1N1CCN(CCOc2cc(Cl)ccc2Cl)CC1. The second-order valence-corrected chi connectivity index (χ2v) is 6.84. The van der Waals surface area contributed by atoms with Gasteiger partial charge in [-0.3, -0.25) is 15.0 Å². The number of hydrogen-bond acceptors (Lipinski definition) is 5. The van der Waals surface area contributed by atoms with Gasteiger partial charge >= 0.3 is 0 Å². The molecule has 1 aliphatic heterocycles. The zero-order valence-electron chi connectivity index (χ0n) is 14.1. The first kappa shape index (κ1) is 18.8. The normalized spacial score (nSPS) is 15.1. The Morgan fingerprint density at radius 1 is 1.08 bits per heavy atom. The lowest BCUT2D eigenvalue weighted by atomic mass is 10.2. The standard InChI is InChI=1S/C18H19Cl2N3O3/c19-14-5-6-15(20)18(13-14)26-12-11-21-7-9-22(10-8-21)16-3-1-2-4-17(16)23(24)25/h1-6,13H,7-12H2. The lowest BCUT2D eigenvalue weighted by Crippen LogP contribution is -2.47. The largest absolute Gasteiger partial charge is 0.491 e. The van der Waals surface area contributed by atoms with Crippen molar-refractivity contribution in [2.45, 2.75) is 0 Å². The Morgan fingerprint density at radius 3 is 2.54 bits per heavy atom. The van der Waals surface area contributed by atoms with Gasteiger partial charge in [0.2, 0.25) is 0 Å². The summed E-state index contributed by atoms with van der Waals surface area (Å²) in [6.45, 7) is 4.38. The van der Waals surface area contributed by atoms with E-state index in [0.717, 1.165) is 32.7 Å². The summed E-state index contributed by atoms with van der Waals surface area (Å²) in [5.41, 5.74) is 0.832. The molecule has 26 heavy (non-hydrogen) atoms. The van der Waals surface area contributed by atoms with Crippen molar-refractivity contribution in [1.82, 2.24) is 4.90 Å². The van der Waals surface area contributed by atoms with Crippen LogP contribution in [-0.2, 0) is 0 Å². The highest BCUT2D eigenvalue weighted by atomic mass is 35.5. The monoisotopic (exact) mass is 395 g/mol. The Kier molecular flexibility index (Phi) is 6.19. The van der Waals surface area contributed by atoms with E-state index in [2.05, 4.69) is 9.80 Å². The van der Waals surface area contributed by atoms with Crippen molar-refractivity contribution in [3.63, 3.8) is 0 Å². The molecule has 1 aliphatic rings. The molecule has 0 spiro atoms. The van der Waals surface area contributed by atoms with Gasteiger partial charge in [0.1, 0.15) is 18.0 Å². The molecular formula is C18H19Cl2N3O3. The number of rotatable bonds is 6. The molecule has 1 heterocycles. The Morgan fingerprint density at radius 2 is 1.81 bits per heavy atom. The highest BCUT2D eigenvalue weighted by Gasteiger charge is 2.23. The van der Waals surface area contributed by atoms with Crippen LogP contribution in [0, 0.1) is 10.1 Å². The Labute approximate surface area is 162 Å². The van der Waals surface area contributed by atoms with E-state index in [-0.39, 0.29) is 10.6 Å². The number of nitrogens with zero attached hydrogens (tertiary/aromatic N) is 3. The van der Waals surface area contributed by atoms with Crippen molar-refractivity contribution in [3.8, 4) is 5.75 Å². The lowest BCUT2D eigenvalue weighted by Gasteiger charge is -2.35. The fraction of sp³-hybridized carbons (Fsp3) is 0.333. The van der Waals surface area contributed by atoms with E-state index in [1.54, 1.807) is 36.4 Å². The predicted octanol–water partition coefficient (Wildman–Crippen LogP) is 4.10. The molecule has 0 N–H and O–H groups in total. The average Bonchev–Trinajstić information content (AvgIpc) is 2.65. The maximum atomic E-state index is 11.2. The smallest absolute Gasteiger partial charge is 0.292 e. The summed E-state index contributed by atoms with van der Waals surface area (Å²) in [7, 11) is 0. The fourth-order valence-corrected chi connectivity index (χ4v) is 3.31. The molecule has 0 radical (unpaired) electrons. The third-order valence-electron chi connectivity index (χ3n) is 4.35. The molecule has 3 rings (SSSR count). The van der Waals surface area contributed by atoms with Gasteiger partial charge in [-0.2, -0.15) is 0 Å². The van der Waals surface area contributed by atoms with Crippen LogP contribution in [-0.4, -0.2) is 49.2 Å². The molecule has 0 saturated carbocycles. The molecule has 0 aliphatic carbocycles. The summed E-state index contributed by atoms with van der Waals surface area (Å²) >= 11 is 12.0. The molecule has 6 nitrogen and oxygen atoms in total. The molecule has 8 heteroatoms. The second kappa shape index (κ2) is 8.58. The van der Waals surface area contributed by atoms with Gasteiger partial charge in [-0.05, 0) is 18.2 Å². The quantitative estimate of drug-likeness (QED) is 0.544. The first-order valence-electron chi connectivity index (χ1n) is 8.33. The van der Waals surface area contributed by atoms with Gasteiger partial charge in [0, 0.05) is 49.9 Å². The van der Waals surface area contributed by atoms with Gasteiger partial charge in [-0.25, -0.2) is 0 Å². The van der Waals surface area contributed by atoms with Crippen LogP contribution in [0.4, 0.5) is 11.4 Å². The molecular weight excluding hydrogens is 377 g/mol. The van der Waals surface area contributed by atoms with E-state index >= 15 is 0 Å². The van der Waals surface area contributed by atoms with Crippen molar-refractivity contribution in [1.29, 1.82) is 0 Å². The van der Waals surface area contributed by atoms with E-state index in [0.29, 0.717) is 28.1 Å². The van der Waals surface area contributed by atoms with Gasteiger partial charge in [0.25, 0.3) is 5.69 Å². The second-order valence-electron chi connectivity index (χ2n) is 6.00. The Balaban J connectivity index is 1.50. The highest BCUT2D eigenvalue weighted by Crippen LogP contribution is 2.29. The topological polar surface area (TPSA) is 58.9 Å². The first-order valence-corrected chi connectivity index (χ1v) is 9.09. The maximum absolute atomic E-state index is 11.2. The molecule has 0 bridgehead atoms. The van der Waals surface area contributed by atoms with E-state index < -0.39 is 0 Å². The molecule has 1 saturated heterocycles. The van der Waals surface area contributed by atoms with Crippen molar-refractivity contribution in [3.05, 3.63) is 62.6 Å². The first-order chi connectivity index (χ1) is 12.5. The number of anilines is 1. The molecule has 0 atom stereocenters. The van der Waals surface area contributed by atoms with Crippen LogP contribution in [0.2, 0.25) is 10.0 Å². The summed E-state index contributed by atoms with van der Waals surface area (Å²) in [4.78, 5) is 15.2. The van der Waals surface area contributed by atoms with Crippen LogP contribution >= 0.6 is 23.2 Å². The van der Waals surface area contributed by atoms with E-state index in [1.807, 2.05) is 6.07 Å². The molecule has 1 fully saturated rings. The van der Waals surface area contributed by atoms with Crippen LogP contribution in [0.1, 0.15) is 0 Å². The van der Waals surface area contributed by atoms with Crippen molar-refractivity contribution in [2.24, 2.45) is 0 Å². The van der Waals surface area contributed by atoms with Gasteiger partial charge in [0.15, 0.2) is 0 Å². The summed E-state index contributed by atoms with van der Waals surface area (Å²) < 4.78 is 5.72. The van der Waals surface area contributed by atoms with Gasteiger partial charge in [0.05, 0.1) is 9.95 Å². The van der Waals surface area contributed by atoms with Crippen LogP contribution < -0.4 is 9.64 Å². The van der Waals surface area contributed by atoms with Crippen molar-refractivity contribution < 1.29 is 9.66 Å². The van der Waals surface area contributed by atoms with Crippen molar-refractivity contribution >= 4 is 34.6 Å². The summed E-state index contributed by atoms with van der Waals surface area (Å²) in [5.74, 6) is 0.581. The number of para-hydroxylation sites is 2. The van der Waals surface area contributed by atoms with E-state index in [4.69, 9.17) is 27.9 Å². The van der Waals surface area contributed by atoms with Crippen molar-refractivity contribution in [2.75, 3.05) is 44.2 Å². The fourth-order valence-electron chi connectivity index (χ4n) is 2.97. The molecule has 2 aromatic carbocycles. The lowest BCUT2D eigenvalue weighted by molar-refractivity contribution is -0.384. The molecule has 138 valence electrons. The van der Waals surface area contributed by atoms with Crippen LogP contribution in [0.5, 0.6) is 5.75 Å². The number of halogens is 2.